The topological polar surface area (TPSA) is 73.9 Å². The Balaban J connectivity index is 1.52. The molecule has 2 N–H and O–H groups in total. The van der Waals surface area contributed by atoms with E-state index in [1.54, 1.807) is 17.0 Å². The predicted molar refractivity (Wildman–Crippen MR) is 116 cm³/mol. The molecule has 2 fully saturated rings. The highest BCUT2D eigenvalue weighted by molar-refractivity contribution is 5.98. The number of rotatable bonds is 6. The lowest BCUT2D eigenvalue weighted by Crippen LogP contribution is -2.43. The molecule has 7 nitrogen and oxygen atoms in total. The first-order valence-electron chi connectivity index (χ1n) is 10.4. The normalized spacial score (nSPS) is 18.2. The van der Waals surface area contributed by atoms with Crippen LogP contribution < -0.4 is 15.5 Å². The van der Waals surface area contributed by atoms with Crippen molar-refractivity contribution in [2.75, 3.05) is 50.8 Å². The Morgan fingerprint density at radius 3 is 2.60 bits per heavy atom. The fourth-order valence-corrected chi connectivity index (χ4v) is 3.85. The number of anilines is 1. The van der Waals surface area contributed by atoms with Crippen molar-refractivity contribution in [1.82, 2.24) is 15.5 Å². The van der Waals surface area contributed by atoms with Gasteiger partial charge in [0.05, 0.1) is 19.3 Å². The Kier molecular flexibility index (Phi) is 6.30. The van der Waals surface area contributed by atoms with Gasteiger partial charge in [-0.25, -0.2) is 4.79 Å². The van der Waals surface area contributed by atoms with Crippen molar-refractivity contribution in [3.8, 4) is 0 Å². The maximum absolute atomic E-state index is 13.1. The monoisotopic (exact) mass is 408 g/mol. The van der Waals surface area contributed by atoms with Crippen LogP contribution in [-0.2, 0) is 4.74 Å². The Morgan fingerprint density at radius 1 is 1.13 bits per heavy atom. The van der Waals surface area contributed by atoms with Crippen LogP contribution in [0.5, 0.6) is 0 Å². The second-order valence-corrected chi connectivity index (χ2v) is 7.78. The molecule has 2 aromatic carbocycles. The Bertz CT molecular complexity index is 894. The number of urea groups is 1. The quantitative estimate of drug-likeness (QED) is 0.770. The first-order chi connectivity index (χ1) is 14.6. The van der Waals surface area contributed by atoms with E-state index in [4.69, 9.17) is 4.74 Å². The second kappa shape index (κ2) is 9.28. The number of ether oxygens (including phenoxy) is 1. The maximum Gasteiger partial charge on any atom is 0.321 e. The van der Waals surface area contributed by atoms with E-state index < -0.39 is 0 Å². The molecule has 2 heterocycles. The van der Waals surface area contributed by atoms with Crippen LogP contribution in [-0.4, -0.2) is 62.8 Å². The zero-order valence-corrected chi connectivity index (χ0v) is 17.3. The van der Waals surface area contributed by atoms with Gasteiger partial charge in [0, 0.05) is 44.0 Å². The van der Waals surface area contributed by atoms with E-state index in [9.17, 15) is 9.59 Å². The van der Waals surface area contributed by atoms with Crippen LogP contribution in [0.1, 0.15) is 27.5 Å². The Morgan fingerprint density at radius 2 is 1.90 bits per heavy atom. The lowest BCUT2D eigenvalue weighted by atomic mass is 10.0. The lowest BCUT2D eigenvalue weighted by Gasteiger charge is -2.31. The average Bonchev–Trinajstić information content (AvgIpc) is 3.20. The third kappa shape index (κ3) is 4.80. The molecule has 2 aromatic rings. The van der Waals surface area contributed by atoms with Gasteiger partial charge in [-0.3, -0.25) is 14.6 Å². The molecule has 0 spiro atoms. The van der Waals surface area contributed by atoms with Gasteiger partial charge >= 0.3 is 6.03 Å². The fourth-order valence-electron chi connectivity index (χ4n) is 3.85. The van der Waals surface area contributed by atoms with Crippen LogP contribution >= 0.6 is 0 Å². The molecule has 0 radical (unpaired) electrons. The maximum atomic E-state index is 13.1. The molecule has 0 aromatic heterocycles. The number of benzene rings is 2. The van der Waals surface area contributed by atoms with Gasteiger partial charge in [0.15, 0.2) is 0 Å². The van der Waals surface area contributed by atoms with Crippen molar-refractivity contribution in [2.24, 2.45) is 0 Å². The standard InChI is InChI=1S/C23H28N4O3/c1-17-5-7-18(8-6-17)21(16-26-11-13-30-14-12-26)25-22(28)19-3-2-4-20(15-19)27-10-9-24-23(27)29/h2-8,15,21H,9-14,16H2,1H3,(H,24,29)(H,25,28). The van der Waals surface area contributed by atoms with Crippen molar-refractivity contribution in [3.63, 3.8) is 0 Å². The van der Waals surface area contributed by atoms with Gasteiger partial charge in [0.2, 0.25) is 0 Å². The van der Waals surface area contributed by atoms with E-state index in [0.717, 1.165) is 30.9 Å². The van der Waals surface area contributed by atoms with E-state index in [2.05, 4.69) is 46.7 Å². The molecule has 3 amide bonds. The van der Waals surface area contributed by atoms with Gasteiger partial charge in [0.1, 0.15) is 0 Å². The number of morpholine rings is 1. The summed E-state index contributed by atoms with van der Waals surface area (Å²) in [6.07, 6.45) is 0. The molecule has 2 aliphatic rings. The summed E-state index contributed by atoms with van der Waals surface area (Å²) in [5.41, 5.74) is 3.55. The number of carbonyl (C=O) groups is 2. The number of hydrogen-bond acceptors (Lipinski definition) is 4. The van der Waals surface area contributed by atoms with Crippen LogP contribution in [0.3, 0.4) is 0 Å². The number of hydrogen-bond donors (Lipinski definition) is 2. The molecule has 7 heteroatoms. The average molecular weight is 409 g/mol. The fraction of sp³-hybridized carbons (Fsp3) is 0.391. The van der Waals surface area contributed by atoms with Gasteiger partial charge in [-0.2, -0.15) is 0 Å². The van der Waals surface area contributed by atoms with Crippen LogP contribution in [0.4, 0.5) is 10.5 Å². The third-order valence-electron chi connectivity index (χ3n) is 5.61. The van der Waals surface area contributed by atoms with Gasteiger partial charge in [0.25, 0.3) is 5.91 Å². The number of nitrogens with zero attached hydrogens (tertiary/aromatic N) is 2. The number of nitrogens with one attached hydrogen (secondary N) is 2. The van der Waals surface area contributed by atoms with Gasteiger partial charge < -0.3 is 15.4 Å². The Labute approximate surface area is 177 Å². The van der Waals surface area contributed by atoms with Gasteiger partial charge in [-0.1, -0.05) is 35.9 Å². The molecule has 0 bridgehead atoms. The first kappa shape index (κ1) is 20.4. The summed E-state index contributed by atoms with van der Waals surface area (Å²) in [6.45, 7) is 7.15. The highest BCUT2D eigenvalue weighted by Gasteiger charge is 2.24. The molecule has 1 unspecified atom stereocenters. The van der Waals surface area contributed by atoms with Crippen molar-refractivity contribution < 1.29 is 14.3 Å². The molecule has 30 heavy (non-hydrogen) atoms. The van der Waals surface area contributed by atoms with Crippen molar-refractivity contribution in [1.29, 1.82) is 0 Å². The van der Waals surface area contributed by atoms with E-state index in [-0.39, 0.29) is 18.0 Å². The minimum Gasteiger partial charge on any atom is -0.379 e. The number of amides is 3. The van der Waals surface area contributed by atoms with Crippen molar-refractivity contribution in [3.05, 3.63) is 65.2 Å². The van der Waals surface area contributed by atoms with E-state index in [1.165, 1.54) is 5.56 Å². The molecular formula is C23H28N4O3. The number of carbonyl (C=O) groups excluding carboxylic acids is 2. The summed E-state index contributed by atoms with van der Waals surface area (Å²) in [7, 11) is 0. The van der Waals surface area contributed by atoms with Crippen LogP contribution in [0.15, 0.2) is 48.5 Å². The summed E-state index contributed by atoms with van der Waals surface area (Å²) < 4.78 is 5.46. The highest BCUT2D eigenvalue weighted by Crippen LogP contribution is 2.21. The predicted octanol–water partition coefficient (Wildman–Crippen LogP) is 2.33. The molecule has 4 rings (SSSR count). The summed E-state index contributed by atoms with van der Waals surface area (Å²) >= 11 is 0. The SMILES string of the molecule is Cc1ccc(C(CN2CCOCC2)NC(=O)c2cccc(N3CCNC3=O)c2)cc1. The van der Waals surface area contributed by atoms with Crippen molar-refractivity contribution in [2.45, 2.75) is 13.0 Å². The first-order valence-corrected chi connectivity index (χ1v) is 10.4. The molecule has 2 aliphatic heterocycles. The molecule has 158 valence electrons. The zero-order chi connectivity index (χ0) is 20.9. The minimum absolute atomic E-state index is 0.127. The van der Waals surface area contributed by atoms with Crippen LogP contribution in [0, 0.1) is 6.92 Å². The molecular weight excluding hydrogens is 380 g/mol. The van der Waals surface area contributed by atoms with Crippen LogP contribution in [0.25, 0.3) is 0 Å². The summed E-state index contributed by atoms with van der Waals surface area (Å²) in [6, 6.07) is 15.3. The molecule has 0 saturated carbocycles. The molecule has 1 atom stereocenters. The molecule has 2 saturated heterocycles. The van der Waals surface area contributed by atoms with Crippen LogP contribution in [0.2, 0.25) is 0 Å². The van der Waals surface area contributed by atoms with E-state index >= 15 is 0 Å². The van der Waals surface area contributed by atoms with Gasteiger partial charge in [-0.05, 0) is 30.7 Å². The summed E-state index contributed by atoms with van der Waals surface area (Å²) in [4.78, 5) is 29.1. The minimum atomic E-state index is -0.143. The lowest BCUT2D eigenvalue weighted by molar-refractivity contribution is 0.0332. The second-order valence-electron chi connectivity index (χ2n) is 7.78. The van der Waals surface area contributed by atoms with E-state index in [0.29, 0.717) is 31.9 Å². The highest BCUT2D eigenvalue weighted by atomic mass is 16.5. The third-order valence-corrected chi connectivity index (χ3v) is 5.61. The smallest absolute Gasteiger partial charge is 0.321 e. The Hall–Kier alpha value is -2.90. The van der Waals surface area contributed by atoms with Gasteiger partial charge in [-0.15, -0.1) is 0 Å². The molecule has 0 aliphatic carbocycles. The summed E-state index contributed by atoms with van der Waals surface area (Å²) in [5, 5.41) is 6.00. The number of aryl methyl sites for hydroxylation is 1. The summed E-state index contributed by atoms with van der Waals surface area (Å²) in [5.74, 6) is -0.143. The largest absolute Gasteiger partial charge is 0.379 e. The zero-order valence-electron chi connectivity index (χ0n) is 17.3. The van der Waals surface area contributed by atoms with E-state index in [1.807, 2.05) is 12.1 Å². The van der Waals surface area contributed by atoms with Crippen molar-refractivity contribution >= 4 is 17.6 Å².